The van der Waals surface area contributed by atoms with Crippen LogP contribution in [-0.2, 0) is 0 Å². The van der Waals surface area contributed by atoms with Gasteiger partial charge >= 0.3 is 0 Å². The lowest BCUT2D eigenvalue weighted by Crippen LogP contribution is -2.31. The minimum Gasteiger partial charge on any atom is -0.382 e. The molecule has 3 nitrogen and oxygen atoms in total. The molecule has 0 aliphatic rings. The van der Waals surface area contributed by atoms with E-state index in [0.717, 1.165) is 25.4 Å². The third-order valence-corrected chi connectivity index (χ3v) is 5.49. The fraction of sp³-hybridized carbons (Fsp3) is 0.400. The molecule has 0 saturated carbocycles. The van der Waals surface area contributed by atoms with Crippen molar-refractivity contribution in [3.8, 4) is 0 Å². The molecule has 2 aromatic rings. The minimum absolute atomic E-state index is 0.932. The van der Waals surface area contributed by atoms with Crippen LogP contribution in [0, 0.1) is 0 Å². The zero-order chi connectivity index (χ0) is 18.1. The van der Waals surface area contributed by atoms with Crippen LogP contribution in [0.25, 0.3) is 0 Å². The first-order chi connectivity index (χ1) is 12.2. The average Bonchev–Trinajstić information content (AvgIpc) is 2.65. The molecule has 5 heteroatoms. The Balaban J connectivity index is 1.99. The van der Waals surface area contributed by atoms with Crippen molar-refractivity contribution in [1.82, 2.24) is 0 Å². The second kappa shape index (κ2) is 10.5. The van der Waals surface area contributed by atoms with Crippen molar-refractivity contribution in [3.05, 3.63) is 48.5 Å². The molecule has 0 amide bonds. The summed E-state index contributed by atoms with van der Waals surface area (Å²) >= 11 is 3.68. The van der Waals surface area contributed by atoms with Crippen LogP contribution in [0.1, 0.15) is 0 Å². The Morgan fingerprint density at radius 3 is 2.20 bits per heavy atom. The van der Waals surface area contributed by atoms with Crippen LogP contribution in [0.5, 0.6) is 0 Å². The fourth-order valence-corrected chi connectivity index (χ4v) is 3.63. The van der Waals surface area contributed by atoms with Crippen LogP contribution in [0.3, 0.4) is 0 Å². The molecule has 0 radical (unpaired) electrons. The number of rotatable bonds is 10. The number of nitrogens with zero attached hydrogens (tertiary/aromatic N) is 2. The molecule has 0 aliphatic heterocycles. The number of hydrogen-bond donors (Lipinski definition) is 1. The number of para-hydroxylation sites is 1. The first-order valence-electron chi connectivity index (χ1n) is 8.54. The SMILES string of the molecule is CSCCN(CCNc1ccccc1SC)c1ccc(N(C)C)cc1. The van der Waals surface area contributed by atoms with Gasteiger partial charge in [0.1, 0.15) is 0 Å². The van der Waals surface area contributed by atoms with Gasteiger partial charge in [-0.05, 0) is 48.9 Å². The number of thioether (sulfide) groups is 2. The zero-order valence-corrected chi connectivity index (χ0v) is 17.3. The van der Waals surface area contributed by atoms with Crippen molar-refractivity contribution in [2.75, 3.05) is 67.1 Å². The smallest absolute Gasteiger partial charge is 0.0478 e. The molecular weight excluding hydrogens is 346 g/mol. The van der Waals surface area contributed by atoms with Crippen molar-refractivity contribution in [2.24, 2.45) is 0 Å². The summed E-state index contributed by atoms with van der Waals surface area (Å²) in [5.41, 5.74) is 3.75. The van der Waals surface area contributed by atoms with E-state index in [4.69, 9.17) is 0 Å². The number of hydrogen-bond acceptors (Lipinski definition) is 5. The highest BCUT2D eigenvalue weighted by Gasteiger charge is 2.07. The quantitative estimate of drug-likeness (QED) is 0.602. The third kappa shape index (κ3) is 6.08. The van der Waals surface area contributed by atoms with E-state index in [1.54, 1.807) is 11.8 Å². The lowest BCUT2D eigenvalue weighted by Gasteiger charge is -2.26. The van der Waals surface area contributed by atoms with Crippen LogP contribution in [-0.4, -0.2) is 52.0 Å². The van der Waals surface area contributed by atoms with E-state index in [1.165, 1.54) is 22.0 Å². The maximum Gasteiger partial charge on any atom is 0.0478 e. The van der Waals surface area contributed by atoms with Gasteiger partial charge in [-0.1, -0.05) is 12.1 Å². The monoisotopic (exact) mass is 375 g/mol. The molecule has 0 aliphatic carbocycles. The molecule has 0 aromatic heterocycles. The average molecular weight is 376 g/mol. The van der Waals surface area contributed by atoms with E-state index in [9.17, 15) is 0 Å². The number of nitrogens with one attached hydrogen (secondary N) is 1. The highest BCUT2D eigenvalue weighted by atomic mass is 32.2. The summed E-state index contributed by atoms with van der Waals surface area (Å²) in [6, 6.07) is 17.3. The summed E-state index contributed by atoms with van der Waals surface area (Å²) in [5, 5.41) is 3.59. The summed E-state index contributed by atoms with van der Waals surface area (Å²) in [7, 11) is 4.15. The Hall–Kier alpha value is -1.46. The van der Waals surface area contributed by atoms with E-state index in [2.05, 4.69) is 90.3 Å². The van der Waals surface area contributed by atoms with E-state index in [-0.39, 0.29) is 0 Å². The van der Waals surface area contributed by atoms with Crippen LogP contribution in [0.2, 0.25) is 0 Å². The minimum atomic E-state index is 0.932. The van der Waals surface area contributed by atoms with E-state index >= 15 is 0 Å². The Morgan fingerprint density at radius 1 is 0.880 bits per heavy atom. The molecule has 0 spiro atoms. The predicted octanol–water partition coefficient (Wildman–Crippen LogP) is 4.76. The van der Waals surface area contributed by atoms with Gasteiger partial charge in [-0.25, -0.2) is 0 Å². The Morgan fingerprint density at radius 2 is 1.56 bits per heavy atom. The normalized spacial score (nSPS) is 10.6. The molecule has 0 unspecified atom stereocenters. The first-order valence-corrected chi connectivity index (χ1v) is 11.2. The maximum absolute atomic E-state index is 3.59. The van der Waals surface area contributed by atoms with Gasteiger partial charge in [0.15, 0.2) is 0 Å². The van der Waals surface area contributed by atoms with Gasteiger partial charge in [-0.3, -0.25) is 0 Å². The lowest BCUT2D eigenvalue weighted by atomic mass is 10.2. The molecule has 1 N–H and O–H groups in total. The summed E-state index contributed by atoms with van der Waals surface area (Å²) in [6.07, 6.45) is 4.29. The first kappa shape index (κ1) is 19.9. The van der Waals surface area contributed by atoms with Crippen molar-refractivity contribution in [1.29, 1.82) is 0 Å². The molecular formula is C20H29N3S2. The molecule has 0 atom stereocenters. The van der Waals surface area contributed by atoms with Gasteiger partial charge < -0.3 is 15.1 Å². The molecule has 136 valence electrons. The van der Waals surface area contributed by atoms with Crippen molar-refractivity contribution in [2.45, 2.75) is 4.90 Å². The van der Waals surface area contributed by atoms with Gasteiger partial charge in [0.25, 0.3) is 0 Å². The highest BCUT2D eigenvalue weighted by Crippen LogP contribution is 2.24. The predicted molar refractivity (Wildman–Crippen MR) is 118 cm³/mol. The Labute approximate surface area is 161 Å². The second-order valence-electron chi connectivity index (χ2n) is 6.02. The summed E-state index contributed by atoms with van der Waals surface area (Å²) in [4.78, 5) is 5.90. The fourth-order valence-electron chi connectivity index (χ4n) is 2.65. The van der Waals surface area contributed by atoms with Gasteiger partial charge in [0.05, 0.1) is 0 Å². The third-order valence-electron chi connectivity index (χ3n) is 4.10. The van der Waals surface area contributed by atoms with E-state index in [1.807, 2.05) is 11.8 Å². The van der Waals surface area contributed by atoms with Crippen LogP contribution >= 0.6 is 23.5 Å². The standard InChI is InChI=1S/C20H29N3S2/c1-22(2)17-9-11-18(12-10-17)23(15-16-24-3)14-13-21-19-7-5-6-8-20(19)25-4/h5-12,21H,13-16H2,1-4H3. The van der Waals surface area contributed by atoms with Gasteiger partial charge in [0, 0.05) is 61.4 Å². The summed E-state index contributed by atoms with van der Waals surface area (Å²) in [5.74, 6) is 1.14. The zero-order valence-electron chi connectivity index (χ0n) is 15.7. The molecule has 0 bridgehead atoms. The lowest BCUT2D eigenvalue weighted by molar-refractivity contribution is 0.839. The molecule has 2 aromatic carbocycles. The van der Waals surface area contributed by atoms with Gasteiger partial charge in [0.2, 0.25) is 0 Å². The molecule has 0 fully saturated rings. The molecule has 2 rings (SSSR count). The maximum atomic E-state index is 3.59. The topological polar surface area (TPSA) is 18.5 Å². The number of benzene rings is 2. The molecule has 0 heterocycles. The van der Waals surface area contributed by atoms with Gasteiger partial charge in [-0.2, -0.15) is 11.8 Å². The molecule has 0 saturated heterocycles. The second-order valence-corrected chi connectivity index (χ2v) is 7.85. The Bertz CT molecular complexity index is 629. The Kier molecular flexibility index (Phi) is 8.35. The largest absolute Gasteiger partial charge is 0.382 e. The number of anilines is 3. The van der Waals surface area contributed by atoms with Crippen LogP contribution < -0.4 is 15.1 Å². The van der Waals surface area contributed by atoms with E-state index in [0.29, 0.717) is 0 Å². The van der Waals surface area contributed by atoms with E-state index < -0.39 is 0 Å². The van der Waals surface area contributed by atoms with Crippen molar-refractivity contribution >= 4 is 40.6 Å². The van der Waals surface area contributed by atoms with Crippen molar-refractivity contribution in [3.63, 3.8) is 0 Å². The highest BCUT2D eigenvalue weighted by molar-refractivity contribution is 7.98. The summed E-state index contributed by atoms with van der Waals surface area (Å²) < 4.78 is 0. The van der Waals surface area contributed by atoms with Crippen LogP contribution in [0.15, 0.2) is 53.4 Å². The van der Waals surface area contributed by atoms with Crippen molar-refractivity contribution < 1.29 is 0 Å². The van der Waals surface area contributed by atoms with Crippen LogP contribution in [0.4, 0.5) is 17.1 Å². The summed E-state index contributed by atoms with van der Waals surface area (Å²) in [6.45, 7) is 2.99. The molecule has 25 heavy (non-hydrogen) atoms. The van der Waals surface area contributed by atoms with Gasteiger partial charge in [-0.15, -0.1) is 11.8 Å².